The van der Waals surface area contributed by atoms with Gasteiger partial charge in [0.2, 0.25) is 0 Å². The third-order valence-electron chi connectivity index (χ3n) is 4.98. The summed E-state index contributed by atoms with van der Waals surface area (Å²) in [6.45, 7) is 1.52. The molecule has 1 N–H and O–H groups in total. The number of halogens is 2. The van der Waals surface area contributed by atoms with Gasteiger partial charge in [-0.2, -0.15) is 0 Å². The molecule has 28 heavy (non-hydrogen) atoms. The van der Waals surface area contributed by atoms with Gasteiger partial charge < -0.3 is 10.0 Å². The van der Waals surface area contributed by atoms with E-state index in [1.807, 2.05) is 0 Å². The van der Waals surface area contributed by atoms with Crippen LogP contribution in [0.1, 0.15) is 36.0 Å². The number of hydrogen-bond acceptors (Lipinski definition) is 4. The van der Waals surface area contributed by atoms with E-state index in [-0.39, 0.29) is 11.1 Å². The summed E-state index contributed by atoms with van der Waals surface area (Å²) in [5.41, 5.74) is 1.53. The molecule has 0 atom stereocenters. The van der Waals surface area contributed by atoms with E-state index >= 15 is 0 Å². The molecule has 0 saturated carbocycles. The molecule has 0 bridgehead atoms. The molecule has 144 valence electrons. The molecule has 2 aromatic carbocycles. The van der Waals surface area contributed by atoms with Crippen molar-refractivity contribution in [1.29, 1.82) is 0 Å². The largest absolute Gasteiger partial charge is 0.478 e. The van der Waals surface area contributed by atoms with E-state index < -0.39 is 17.6 Å². The van der Waals surface area contributed by atoms with Gasteiger partial charge in [-0.1, -0.05) is 12.8 Å². The highest BCUT2D eigenvalue weighted by molar-refractivity contribution is 5.93. The fourth-order valence-electron chi connectivity index (χ4n) is 3.54. The quantitative estimate of drug-likeness (QED) is 0.713. The molecule has 0 spiro atoms. The third-order valence-corrected chi connectivity index (χ3v) is 4.98. The fraction of sp³-hybridized carbons (Fsp3) is 0.286. The number of anilines is 1. The molecule has 1 fully saturated rings. The highest BCUT2D eigenvalue weighted by atomic mass is 19.1. The van der Waals surface area contributed by atoms with Gasteiger partial charge >= 0.3 is 5.97 Å². The summed E-state index contributed by atoms with van der Waals surface area (Å²) in [5.74, 6) is -1.90. The van der Waals surface area contributed by atoms with Crippen LogP contribution in [0.5, 0.6) is 0 Å². The molecule has 0 aliphatic carbocycles. The molecule has 0 radical (unpaired) electrons. The van der Waals surface area contributed by atoms with Gasteiger partial charge in [0.15, 0.2) is 5.82 Å². The Morgan fingerprint density at radius 3 is 2.36 bits per heavy atom. The van der Waals surface area contributed by atoms with E-state index in [9.17, 15) is 18.7 Å². The zero-order valence-corrected chi connectivity index (χ0v) is 15.2. The molecule has 1 aromatic heterocycles. The van der Waals surface area contributed by atoms with E-state index in [0.29, 0.717) is 22.5 Å². The van der Waals surface area contributed by atoms with Gasteiger partial charge in [0, 0.05) is 24.7 Å². The lowest BCUT2D eigenvalue weighted by Crippen LogP contribution is -2.26. The minimum absolute atomic E-state index is 0.115. The maximum Gasteiger partial charge on any atom is 0.335 e. The Balaban J connectivity index is 1.93. The maximum absolute atomic E-state index is 14.5. The van der Waals surface area contributed by atoms with E-state index in [1.54, 1.807) is 6.07 Å². The molecule has 5 nitrogen and oxygen atoms in total. The third kappa shape index (κ3) is 3.52. The van der Waals surface area contributed by atoms with E-state index in [4.69, 9.17) is 0 Å². The number of carboxylic acids is 1. The number of carbonyl (C=O) groups is 1. The lowest BCUT2D eigenvalue weighted by Gasteiger charge is -2.24. The van der Waals surface area contributed by atoms with Gasteiger partial charge in [0.25, 0.3) is 0 Å². The number of benzene rings is 2. The van der Waals surface area contributed by atoms with E-state index in [1.165, 1.54) is 24.3 Å². The van der Waals surface area contributed by atoms with Crippen LogP contribution in [-0.2, 0) is 0 Å². The summed E-state index contributed by atoms with van der Waals surface area (Å²) < 4.78 is 27.9. The maximum atomic E-state index is 14.5. The molecule has 4 rings (SSSR count). The van der Waals surface area contributed by atoms with Crippen molar-refractivity contribution in [2.75, 3.05) is 18.0 Å². The predicted octanol–water partition coefficient (Wildman–Crippen LogP) is 4.65. The van der Waals surface area contributed by atoms with E-state index in [2.05, 4.69) is 14.9 Å². The molecule has 1 aliphatic rings. The first-order valence-electron chi connectivity index (χ1n) is 9.28. The van der Waals surface area contributed by atoms with Crippen LogP contribution in [0, 0.1) is 11.6 Å². The highest BCUT2D eigenvalue weighted by Crippen LogP contribution is 2.33. The van der Waals surface area contributed by atoms with E-state index in [0.717, 1.165) is 44.8 Å². The molecule has 0 amide bonds. The lowest BCUT2D eigenvalue weighted by molar-refractivity contribution is 0.0697. The van der Waals surface area contributed by atoms with Gasteiger partial charge in [0.05, 0.1) is 16.6 Å². The average Bonchev–Trinajstić information content (AvgIpc) is 2.96. The minimum atomic E-state index is -1.05. The summed E-state index contributed by atoms with van der Waals surface area (Å²) in [6, 6.07) is 7.87. The average molecular weight is 383 g/mol. The smallest absolute Gasteiger partial charge is 0.335 e. The van der Waals surface area contributed by atoms with Crippen LogP contribution in [0.2, 0.25) is 0 Å². The van der Waals surface area contributed by atoms with Crippen molar-refractivity contribution in [3.63, 3.8) is 0 Å². The summed E-state index contributed by atoms with van der Waals surface area (Å²) >= 11 is 0. The zero-order valence-electron chi connectivity index (χ0n) is 15.2. The van der Waals surface area contributed by atoms with Gasteiger partial charge in [-0.05, 0) is 43.2 Å². The van der Waals surface area contributed by atoms with Gasteiger partial charge in [-0.25, -0.2) is 23.5 Å². The first kappa shape index (κ1) is 18.3. The SMILES string of the molecule is O=C(O)c1ccc2nc(-c3ccc(F)cc3F)c(N3CCCCCC3)nc2c1. The van der Waals surface area contributed by atoms with Crippen LogP contribution in [0.15, 0.2) is 36.4 Å². The monoisotopic (exact) mass is 383 g/mol. The Hall–Kier alpha value is -3.09. The van der Waals surface area contributed by atoms with Gasteiger partial charge in [-0.15, -0.1) is 0 Å². The molecular weight excluding hydrogens is 364 g/mol. The summed E-state index contributed by atoms with van der Waals surface area (Å²) in [6.07, 6.45) is 4.20. The second-order valence-electron chi connectivity index (χ2n) is 6.93. The number of aromatic nitrogens is 2. The lowest BCUT2D eigenvalue weighted by atomic mass is 10.1. The van der Waals surface area contributed by atoms with Crippen molar-refractivity contribution < 1.29 is 18.7 Å². The Morgan fingerprint density at radius 2 is 1.68 bits per heavy atom. The number of hydrogen-bond donors (Lipinski definition) is 1. The minimum Gasteiger partial charge on any atom is -0.478 e. The predicted molar refractivity (Wildman–Crippen MR) is 103 cm³/mol. The molecule has 7 heteroatoms. The molecule has 1 aliphatic heterocycles. The molecule has 2 heterocycles. The number of carboxylic acid groups (broad SMARTS) is 1. The van der Waals surface area contributed by atoms with Crippen molar-refractivity contribution in [3.8, 4) is 11.3 Å². The van der Waals surface area contributed by atoms with Crippen molar-refractivity contribution in [3.05, 3.63) is 53.6 Å². The second kappa shape index (κ2) is 7.50. The Bertz CT molecular complexity index is 1050. The Kier molecular flexibility index (Phi) is 4.90. The van der Waals surface area contributed by atoms with Crippen LogP contribution in [-0.4, -0.2) is 34.1 Å². The first-order chi connectivity index (χ1) is 13.5. The van der Waals surface area contributed by atoms with Crippen molar-refractivity contribution in [2.24, 2.45) is 0 Å². The summed E-state index contributed by atoms with van der Waals surface area (Å²) in [5, 5.41) is 9.25. The molecule has 3 aromatic rings. The van der Waals surface area contributed by atoms with Crippen LogP contribution in [0.4, 0.5) is 14.6 Å². The standard InChI is InChI=1S/C21H19F2N3O2/c22-14-6-7-15(16(23)12-14)19-20(26-9-3-1-2-4-10-26)25-18-11-13(21(27)28)5-8-17(18)24-19/h5-8,11-12H,1-4,9-10H2,(H,27,28). The fourth-order valence-corrected chi connectivity index (χ4v) is 3.54. The van der Waals surface area contributed by atoms with Crippen molar-refractivity contribution in [1.82, 2.24) is 9.97 Å². The second-order valence-corrected chi connectivity index (χ2v) is 6.93. The Morgan fingerprint density at radius 1 is 0.929 bits per heavy atom. The van der Waals surface area contributed by atoms with Crippen LogP contribution >= 0.6 is 0 Å². The first-order valence-corrected chi connectivity index (χ1v) is 9.28. The normalized spacial score (nSPS) is 14.9. The number of nitrogens with zero attached hydrogens (tertiary/aromatic N) is 3. The Labute approximate surface area is 160 Å². The number of aromatic carboxylic acids is 1. The summed E-state index contributed by atoms with van der Waals surface area (Å²) in [4.78, 5) is 22.6. The van der Waals surface area contributed by atoms with Crippen LogP contribution in [0.25, 0.3) is 22.3 Å². The molecular formula is C21H19F2N3O2. The zero-order chi connectivity index (χ0) is 19.7. The van der Waals surface area contributed by atoms with Crippen LogP contribution < -0.4 is 4.90 Å². The van der Waals surface area contributed by atoms with Crippen molar-refractivity contribution in [2.45, 2.75) is 25.7 Å². The van der Waals surface area contributed by atoms with Crippen LogP contribution in [0.3, 0.4) is 0 Å². The number of rotatable bonds is 3. The van der Waals surface area contributed by atoms with Crippen molar-refractivity contribution >= 4 is 22.8 Å². The topological polar surface area (TPSA) is 66.3 Å². The van der Waals surface area contributed by atoms with Gasteiger partial charge in [-0.3, -0.25) is 0 Å². The highest BCUT2D eigenvalue weighted by Gasteiger charge is 2.21. The number of fused-ring (bicyclic) bond motifs is 1. The molecule has 1 saturated heterocycles. The molecule has 0 unspecified atom stereocenters. The van der Waals surface area contributed by atoms with Gasteiger partial charge in [0.1, 0.15) is 17.3 Å². The summed E-state index contributed by atoms with van der Waals surface area (Å²) in [7, 11) is 0.